The molecule has 0 saturated heterocycles. The quantitative estimate of drug-likeness (QED) is 0.532. The minimum absolute atomic E-state index is 0.121. The fourth-order valence-corrected chi connectivity index (χ4v) is 4.72. The Morgan fingerprint density at radius 1 is 1.35 bits per heavy atom. The van der Waals surface area contributed by atoms with Crippen molar-refractivity contribution >= 4 is 29.0 Å². The molecule has 2 aliphatic heterocycles. The molecule has 2 aromatic rings. The number of rotatable bonds is 9. The summed E-state index contributed by atoms with van der Waals surface area (Å²) in [7, 11) is 3.77. The molecule has 1 aromatic heterocycles. The van der Waals surface area contributed by atoms with Crippen molar-refractivity contribution in [1.29, 1.82) is 0 Å². The van der Waals surface area contributed by atoms with Gasteiger partial charge in [-0.1, -0.05) is 6.08 Å². The van der Waals surface area contributed by atoms with Crippen molar-refractivity contribution < 1.29 is 33.7 Å². The molecule has 0 radical (unpaired) electrons. The Kier molecular flexibility index (Phi) is 6.83. The summed E-state index contributed by atoms with van der Waals surface area (Å²) in [5.41, 5.74) is 2.81. The van der Waals surface area contributed by atoms with Gasteiger partial charge in [0.2, 0.25) is 5.91 Å². The molecule has 2 aliphatic rings. The van der Waals surface area contributed by atoms with Gasteiger partial charge in [0.1, 0.15) is 19.0 Å². The summed E-state index contributed by atoms with van der Waals surface area (Å²) in [6.07, 6.45) is -0.0930. The average molecular weight is 474 g/mol. The molecule has 2 N–H and O–H groups in total. The molecule has 3 heterocycles. The topological polar surface area (TPSA) is 112 Å². The summed E-state index contributed by atoms with van der Waals surface area (Å²) in [6, 6.07) is 5.10. The zero-order valence-corrected chi connectivity index (χ0v) is 19.3. The molecule has 9 nitrogen and oxygen atoms in total. The van der Waals surface area contributed by atoms with E-state index in [0.717, 1.165) is 0 Å². The van der Waals surface area contributed by atoms with E-state index in [9.17, 15) is 24.2 Å². The molecule has 4 rings (SSSR count). The Morgan fingerprint density at radius 2 is 2.12 bits per heavy atom. The normalized spacial score (nSPS) is 22.5. The van der Waals surface area contributed by atoms with Gasteiger partial charge < -0.3 is 24.6 Å². The molecular weight excluding hydrogens is 445 g/mol. The van der Waals surface area contributed by atoms with Gasteiger partial charge in [-0.2, -0.15) is 0 Å². The molecule has 4 atom stereocenters. The smallest absolute Gasteiger partial charge is 0.293 e. The van der Waals surface area contributed by atoms with Crippen LogP contribution >= 0.6 is 0 Å². The number of nitrogens with zero attached hydrogens (tertiary/aromatic N) is 3. The van der Waals surface area contributed by atoms with Crippen LogP contribution in [0.1, 0.15) is 30.0 Å². The summed E-state index contributed by atoms with van der Waals surface area (Å²) in [5.74, 6) is -1.74. The predicted molar refractivity (Wildman–Crippen MR) is 121 cm³/mol. The number of phenols is 1. The van der Waals surface area contributed by atoms with E-state index in [1.807, 2.05) is 25.1 Å². The van der Waals surface area contributed by atoms with E-state index in [2.05, 4.69) is 0 Å². The molecule has 1 amide bonds. The van der Waals surface area contributed by atoms with E-state index >= 15 is 0 Å². The number of amides is 1. The molecule has 4 unspecified atom stereocenters. The summed E-state index contributed by atoms with van der Waals surface area (Å²) < 4.78 is 23.7. The van der Waals surface area contributed by atoms with Crippen LogP contribution in [0, 0.1) is 11.8 Å². The number of aliphatic hydroxyl groups excluding tert-OH is 1. The highest BCUT2D eigenvalue weighted by atomic mass is 19.1. The van der Waals surface area contributed by atoms with Gasteiger partial charge in [-0.25, -0.2) is 9.37 Å². The van der Waals surface area contributed by atoms with Crippen LogP contribution in [-0.4, -0.2) is 77.5 Å². The van der Waals surface area contributed by atoms with Crippen molar-refractivity contribution in [2.45, 2.75) is 25.8 Å². The third-order valence-corrected chi connectivity index (χ3v) is 6.22. The van der Waals surface area contributed by atoms with E-state index in [-0.39, 0.29) is 25.4 Å². The van der Waals surface area contributed by atoms with Crippen molar-refractivity contribution in [3.05, 3.63) is 41.1 Å². The molecule has 0 saturated carbocycles. The van der Waals surface area contributed by atoms with Crippen molar-refractivity contribution in [3.8, 4) is 5.75 Å². The molecule has 34 heavy (non-hydrogen) atoms. The second-order valence-electron chi connectivity index (χ2n) is 8.82. The molecule has 0 spiro atoms. The van der Waals surface area contributed by atoms with Crippen LogP contribution in [0.2, 0.25) is 0 Å². The van der Waals surface area contributed by atoms with Gasteiger partial charge in [-0.15, -0.1) is 0 Å². The van der Waals surface area contributed by atoms with E-state index in [1.54, 1.807) is 25.1 Å². The molecule has 0 fully saturated rings. The minimum atomic E-state index is -0.940. The van der Waals surface area contributed by atoms with Crippen LogP contribution in [0.15, 0.2) is 24.3 Å². The van der Waals surface area contributed by atoms with Crippen LogP contribution in [0.4, 0.5) is 4.39 Å². The van der Waals surface area contributed by atoms with Gasteiger partial charge in [0.15, 0.2) is 6.23 Å². The molecule has 182 valence electrons. The summed E-state index contributed by atoms with van der Waals surface area (Å²) in [6.45, 7) is 1.10. The van der Waals surface area contributed by atoms with Crippen LogP contribution in [0.5, 0.6) is 5.75 Å². The summed E-state index contributed by atoms with van der Waals surface area (Å²) in [4.78, 5) is 32.4. The molecule has 0 aliphatic carbocycles. The van der Waals surface area contributed by atoms with E-state index < -0.39 is 36.7 Å². The van der Waals surface area contributed by atoms with Gasteiger partial charge in [-0.05, 0) is 39.2 Å². The zero-order chi connectivity index (χ0) is 24.6. The van der Waals surface area contributed by atoms with Gasteiger partial charge in [0.05, 0.1) is 35.5 Å². The third-order valence-electron chi connectivity index (χ3n) is 6.22. The first-order chi connectivity index (χ1) is 16.3. The van der Waals surface area contributed by atoms with Crippen LogP contribution < -0.4 is 0 Å². The first-order valence-electron chi connectivity index (χ1n) is 11.0. The van der Waals surface area contributed by atoms with Gasteiger partial charge in [0.25, 0.3) is 6.47 Å². The SMILES string of the molecule is CC(O)C1C=C2c3nc4ccc(O)c(CN(C)C)c4cc3C(OCCF)N2C(=O)C1COC=O. The van der Waals surface area contributed by atoms with E-state index in [1.165, 1.54) is 4.90 Å². The Morgan fingerprint density at radius 3 is 2.76 bits per heavy atom. The number of alkyl halides is 1. The minimum Gasteiger partial charge on any atom is -0.508 e. The van der Waals surface area contributed by atoms with Crippen molar-refractivity contribution in [2.75, 3.05) is 34.0 Å². The number of phenolic OH excluding ortho intramolecular Hbond substituents is 1. The lowest BCUT2D eigenvalue weighted by atomic mass is 9.84. The Balaban J connectivity index is 1.90. The fourth-order valence-electron chi connectivity index (χ4n) is 4.72. The molecule has 1 aromatic carbocycles. The number of pyridine rings is 1. The summed E-state index contributed by atoms with van der Waals surface area (Å²) >= 11 is 0. The Hall–Kier alpha value is -3.08. The van der Waals surface area contributed by atoms with Gasteiger partial charge in [-0.3, -0.25) is 14.5 Å². The van der Waals surface area contributed by atoms with Crippen LogP contribution in [0.3, 0.4) is 0 Å². The molecule has 10 heteroatoms. The first-order valence-corrected chi connectivity index (χ1v) is 11.0. The number of aromatic hydroxyl groups is 1. The number of aromatic nitrogens is 1. The Bertz CT molecular complexity index is 1140. The monoisotopic (exact) mass is 473 g/mol. The summed E-state index contributed by atoms with van der Waals surface area (Å²) in [5, 5.41) is 21.6. The van der Waals surface area contributed by atoms with E-state index in [0.29, 0.717) is 40.0 Å². The highest BCUT2D eigenvalue weighted by molar-refractivity contribution is 5.96. The fraction of sp³-hybridized carbons (Fsp3) is 0.458. The second kappa shape index (κ2) is 9.65. The maximum atomic E-state index is 13.6. The molecule has 0 bridgehead atoms. The number of carbonyl (C=O) groups is 2. The maximum Gasteiger partial charge on any atom is 0.293 e. The van der Waals surface area contributed by atoms with Gasteiger partial charge >= 0.3 is 0 Å². The maximum absolute atomic E-state index is 13.6. The van der Waals surface area contributed by atoms with Crippen molar-refractivity contribution in [3.63, 3.8) is 0 Å². The number of halogens is 1. The molecular formula is C24H28FN3O6. The standard InChI is InChI=1S/C24H28FN3O6/c1-13(30)14-9-20-22-16(8-15-17(10-27(2)3)21(31)5-4-19(15)26-22)24(34-7-6-25)28(20)23(32)18(14)11-33-12-29/h4-5,8-9,12-14,18,24,30-31H,6-7,10-11H2,1-3H3. The number of aliphatic hydroxyl groups is 1. The predicted octanol–water partition coefficient (Wildman–Crippen LogP) is 1.97. The second-order valence-corrected chi connectivity index (χ2v) is 8.82. The first kappa shape index (κ1) is 24.1. The van der Waals surface area contributed by atoms with Gasteiger partial charge in [0, 0.05) is 29.0 Å². The highest BCUT2D eigenvalue weighted by Crippen LogP contribution is 2.48. The zero-order valence-electron chi connectivity index (χ0n) is 19.3. The number of hydrogen-bond donors (Lipinski definition) is 2. The van der Waals surface area contributed by atoms with Crippen LogP contribution in [0.25, 0.3) is 16.6 Å². The Labute approximate surface area is 196 Å². The van der Waals surface area contributed by atoms with E-state index in [4.69, 9.17) is 14.5 Å². The number of carbonyl (C=O) groups excluding carboxylic acids is 2. The number of fused-ring (bicyclic) bond motifs is 4. The van der Waals surface area contributed by atoms with Crippen molar-refractivity contribution in [1.82, 2.24) is 14.8 Å². The number of ether oxygens (including phenoxy) is 2. The largest absolute Gasteiger partial charge is 0.508 e. The van der Waals surface area contributed by atoms with Crippen molar-refractivity contribution in [2.24, 2.45) is 11.8 Å². The lowest BCUT2D eigenvalue weighted by Gasteiger charge is -2.37. The third kappa shape index (κ3) is 4.13. The lowest BCUT2D eigenvalue weighted by molar-refractivity contribution is -0.151. The van der Waals surface area contributed by atoms with Crippen LogP contribution in [-0.2, 0) is 25.6 Å². The highest BCUT2D eigenvalue weighted by Gasteiger charge is 2.48. The lowest BCUT2D eigenvalue weighted by Crippen LogP contribution is -2.46. The number of benzene rings is 1. The average Bonchev–Trinajstić information content (AvgIpc) is 3.10. The number of hydrogen-bond acceptors (Lipinski definition) is 8.